The van der Waals surface area contributed by atoms with Crippen molar-refractivity contribution in [3.05, 3.63) is 30.3 Å². The molecule has 1 aliphatic rings. The van der Waals surface area contributed by atoms with E-state index >= 15 is 0 Å². The second-order valence-corrected chi connectivity index (χ2v) is 7.74. The van der Waals surface area contributed by atoms with Crippen LogP contribution in [0, 0.1) is 17.8 Å². The third-order valence-corrected chi connectivity index (χ3v) is 6.17. The van der Waals surface area contributed by atoms with Crippen LogP contribution in [-0.4, -0.2) is 30.4 Å². The van der Waals surface area contributed by atoms with Crippen molar-refractivity contribution in [3.8, 4) is 0 Å². The van der Waals surface area contributed by atoms with Gasteiger partial charge in [0, 0.05) is 23.5 Å². The maximum Gasteiger partial charge on any atom is 0.308 e. The molecule has 0 saturated heterocycles. The molecule has 2 rings (SSSR count). The van der Waals surface area contributed by atoms with Gasteiger partial charge < -0.3 is 9.47 Å². The zero-order valence-electron chi connectivity index (χ0n) is 14.8. The van der Waals surface area contributed by atoms with Crippen LogP contribution in [0.2, 0.25) is 0 Å². The maximum atomic E-state index is 12.0. The molecule has 1 fully saturated rings. The highest BCUT2D eigenvalue weighted by atomic mass is 32.2. The average Bonchev–Trinajstić information content (AvgIpc) is 2.87. The minimum atomic E-state index is -0.527. The summed E-state index contributed by atoms with van der Waals surface area (Å²) in [6.45, 7) is 5.36. The Morgan fingerprint density at radius 3 is 2.58 bits per heavy atom. The van der Waals surface area contributed by atoms with Gasteiger partial charge >= 0.3 is 11.9 Å². The molecule has 132 valence electrons. The molecule has 1 aromatic carbocycles. The van der Waals surface area contributed by atoms with Crippen LogP contribution in [-0.2, 0) is 19.1 Å². The van der Waals surface area contributed by atoms with Gasteiger partial charge in [-0.3, -0.25) is 9.59 Å². The lowest BCUT2D eigenvalue weighted by atomic mass is 9.81. The van der Waals surface area contributed by atoms with Crippen LogP contribution < -0.4 is 0 Å². The first-order valence-electron chi connectivity index (χ1n) is 8.32. The van der Waals surface area contributed by atoms with Crippen LogP contribution in [0.3, 0.4) is 0 Å². The number of ether oxygens (including phenoxy) is 2. The molecule has 0 amide bonds. The molecule has 0 unspecified atom stereocenters. The number of esters is 2. The van der Waals surface area contributed by atoms with Gasteiger partial charge in [0.25, 0.3) is 0 Å². The lowest BCUT2D eigenvalue weighted by molar-refractivity contribution is -0.159. The molecule has 0 N–H and O–H groups in total. The zero-order valence-corrected chi connectivity index (χ0v) is 15.6. The maximum absolute atomic E-state index is 12.0. The Balaban J connectivity index is 2.18. The third kappa shape index (κ3) is 4.32. The summed E-state index contributed by atoms with van der Waals surface area (Å²) in [4.78, 5) is 24.8. The Morgan fingerprint density at radius 2 is 2.00 bits per heavy atom. The molecule has 0 aliphatic heterocycles. The monoisotopic (exact) mass is 350 g/mol. The van der Waals surface area contributed by atoms with Crippen molar-refractivity contribution in [2.24, 2.45) is 17.8 Å². The number of hydrogen-bond donors (Lipinski definition) is 0. The van der Waals surface area contributed by atoms with Crippen molar-refractivity contribution >= 4 is 23.7 Å². The number of rotatable bonds is 6. The molecular weight excluding hydrogens is 324 g/mol. The van der Waals surface area contributed by atoms with Crippen LogP contribution in [0.4, 0.5) is 0 Å². The van der Waals surface area contributed by atoms with Crippen molar-refractivity contribution < 1.29 is 19.1 Å². The summed E-state index contributed by atoms with van der Waals surface area (Å²) in [5.41, 5.74) is -0.527. The lowest BCUT2D eigenvalue weighted by Crippen LogP contribution is -2.40. The summed E-state index contributed by atoms with van der Waals surface area (Å²) < 4.78 is 10.6. The highest BCUT2D eigenvalue weighted by Crippen LogP contribution is 2.48. The fourth-order valence-electron chi connectivity index (χ4n) is 3.71. The zero-order chi connectivity index (χ0) is 17.7. The Labute approximate surface area is 148 Å². The predicted molar refractivity (Wildman–Crippen MR) is 94.7 cm³/mol. The molecule has 0 radical (unpaired) electrons. The van der Waals surface area contributed by atoms with Gasteiger partial charge in [-0.05, 0) is 37.8 Å². The van der Waals surface area contributed by atoms with E-state index in [9.17, 15) is 9.59 Å². The summed E-state index contributed by atoms with van der Waals surface area (Å²) in [6.07, 6.45) is 1.64. The van der Waals surface area contributed by atoms with Gasteiger partial charge in [0.05, 0.1) is 13.0 Å². The molecule has 0 heterocycles. The molecule has 4 atom stereocenters. The number of carbonyl (C=O) groups excluding carboxylic acids is 2. The van der Waals surface area contributed by atoms with Gasteiger partial charge in [-0.2, -0.15) is 0 Å². The molecule has 1 aliphatic carbocycles. The van der Waals surface area contributed by atoms with E-state index in [1.807, 2.05) is 32.0 Å². The summed E-state index contributed by atoms with van der Waals surface area (Å²) in [5, 5.41) is 0. The van der Waals surface area contributed by atoms with Crippen LogP contribution in [0.5, 0.6) is 0 Å². The van der Waals surface area contributed by atoms with Gasteiger partial charge in [0.1, 0.15) is 5.60 Å². The first-order valence-corrected chi connectivity index (χ1v) is 9.31. The van der Waals surface area contributed by atoms with E-state index in [2.05, 4.69) is 12.1 Å². The van der Waals surface area contributed by atoms with Crippen molar-refractivity contribution in [2.75, 3.05) is 12.9 Å². The fourth-order valence-corrected chi connectivity index (χ4v) is 5.03. The van der Waals surface area contributed by atoms with Gasteiger partial charge in [-0.15, -0.1) is 11.8 Å². The quantitative estimate of drug-likeness (QED) is 0.575. The van der Waals surface area contributed by atoms with Gasteiger partial charge in [-0.1, -0.05) is 25.1 Å². The predicted octanol–water partition coefficient (Wildman–Crippen LogP) is 3.94. The van der Waals surface area contributed by atoms with Gasteiger partial charge in [0.15, 0.2) is 0 Å². The number of thioether (sulfide) groups is 1. The molecule has 0 aromatic heterocycles. The smallest absolute Gasteiger partial charge is 0.308 e. The van der Waals surface area contributed by atoms with Crippen molar-refractivity contribution in [2.45, 2.75) is 44.1 Å². The van der Waals surface area contributed by atoms with E-state index in [-0.39, 0.29) is 29.7 Å². The van der Waals surface area contributed by atoms with E-state index in [1.165, 1.54) is 18.9 Å². The topological polar surface area (TPSA) is 52.6 Å². The number of methoxy groups -OCH3 is 1. The second-order valence-electron chi connectivity index (χ2n) is 6.65. The Morgan fingerprint density at radius 1 is 1.33 bits per heavy atom. The van der Waals surface area contributed by atoms with Gasteiger partial charge in [-0.25, -0.2) is 0 Å². The Bertz CT molecular complexity index is 574. The third-order valence-electron chi connectivity index (χ3n) is 5.04. The molecule has 0 spiro atoms. The molecule has 1 aromatic rings. The Kier molecular flexibility index (Phi) is 6.33. The van der Waals surface area contributed by atoms with Crippen molar-refractivity contribution in [3.63, 3.8) is 0 Å². The van der Waals surface area contributed by atoms with Crippen LogP contribution in [0.1, 0.15) is 33.6 Å². The normalized spacial score (nSPS) is 27.5. The van der Waals surface area contributed by atoms with Crippen molar-refractivity contribution in [1.82, 2.24) is 0 Å². The average molecular weight is 350 g/mol. The Hall–Kier alpha value is -1.49. The summed E-state index contributed by atoms with van der Waals surface area (Å²) in [6, 6.07) is 10.2. The van der Waals surface area contributed by atoms with E-state index in [0.29, 0.717) is 0 Å². The van der Waals surface area contributed by atoms with Crippen LogP contribution in [0.15, 0.2) is 35.2 Å². The molecule has 1 saturated carbocycles. The fraction of sp³-hybridized carbons (Fsp3) is 0.579. The van der Waals surface area contributed by atoms with E-state index in [1.54, 1.807) is 11.8 Å². The number of carbonyl (C=O) groups is 2. The first-order chi connectivity index (χ1) is 11.4. The highest BCUT2D eigenvalue weighted by molar-refractivity contribution is 7.99. The number of hydrogen-bond acceptors (Lipinski definition) is 5. The molecule has 4 nitrogen and oxygen atoms in total. The van der Waals surface area contributed by atoms with Crippen molar-refractivity contribution in [1.29, 1.82) is 0 Å². The minimum absolute atomic E-state index is 0.112. The summed E-state index contributed by atoms with van der Waals surface area (Å²) in [7, 11) is 1.42. The van der Waals surface area contributed by atoms with Crippen LogP contribution >= 0.6 is 11.8 Å². The van der Waals surface area contributed by atoms with E-state index in [0.717, 1.165) is 18.6 Å². The van der Waals surface area contributed by atoms with Gasteiger partial charge in [0.2, 0.25) is 0 Å². The summed E-state index contributed by atoms with van der Waals surface area (Å²) >= 11 is 1.74. The van der Waals surface area contributed by atoms with E-state index < -0.39 is 5.60 Å². The standard InChI is InChI=1S/C19H26O4S/c1-13(18(21)22-4)16-10-11-19(3,23-14(2)20)17(16)12-24-15-8-6-5-7-9-15/h5-9,13,16-17H,10-12H2,1-4H3/t13-,16+,17-,19+/m0/s1. The molecule has 5 heteroatoms. The SMILES string of the molecule is COC(=O)[C@@H](C)[C@H]1CC[C@@](C)(OC(C)=O)[C@H]1CSc1ccccc1. The minimum Gasteiger partial charge on any atom is -0.469 e. The largest absolute Gasteiger partial charge is 0.469 e. The highest BCUT2D eigenvalue weighted by Gasteiger charge is 2.50. The lowest BCUT2D eigenvalue weighted by Gasteiger charge is -2.34. The van der Waals surface area contributed by atoms with Crippen LogP contribution in [0.25, 0.3) is 0 Å². The molecule has 24 heavy (non-hydrogen) atoms. The molecule has 0 bridgehead atoms. The first kappa shape index (κ1) is 18.8. The summed E-state index contributed by atoms with van der Waals surface area (Å²) in [5.74, 6) is 0.410. The van der Waals surface area contributed by atoms with E-state index in [4.69, 9.17) is 9.47 Å². The second kappa shape index (κ2) is 8.06. The molecular formula is C19H26O4S. The number of benzene rings is 1.